The van der Waals surface area contributed by atoms with E-state index in [2.05, 4.69) is 26.2 Å². The van der Waals surface area contributed by atoms with E-state index in [0.29, 0.717) is 13.0 Å². The Morgan fingerprint density at radius 1 is 1.60 bits per heavy atom. The summed E-state index contributed by atoms with van der Waals surface area (Å²) in [5.41, 5.74) is 0.915. The van der Waals surface area contributed by atoms with Crippen LogP contribution >= 0.6 is 15.9 Å². The molecule has 0 amide bonds. The van der Waals surface area contributed by atoms with E-state index in [9.17, 15) is 4.79 Å². The molecule has 82 valence electrons. The lowest BCUT2D eigenvalue weighted by molar-refractivity contribution is -0.137. The molecule has 0 aliphatic carbocycles. The van der Waals surface area contributed by atoms with Gasteiger partial charge in [0.15, 0.2) is 0 Å². The zero-order chi connectivity index (χ0) is 11.3. The highest BCUT2D eigenvalue weighted by Gasteiger charge is 1.99. The van der Waals surface area contributed by atoms with Gasteiger partial charge in [0.2, 0.25) is 0 Å². The van der Waals surface area contributed by atoms with Crippen LogP contribution in [0.2, 0.25) is 0 Å². The van der Waals surface area contributed by atoms with Crippen LogP contribution in [-0.2, 0) is 4.79 Å². The second-order valence-corrected chi connectivity index (χ2v) is 4.04. The van der Waals surface area contributed by atoms with Crippen LogP contribution in [0, 0.1) is 6.92 Å². The fraction of sp³-hybridized carbons (Fsp3) is 0.400. The van der Waals surface area contributed by atoms with Gasteiger partial charge in [-0.25, -0.2) is 4.98 Å². The molecule has 0 bridgehead atoms. The van der Waals surface area contributed by atoms with Crippen LogP contribution in [0.4, 0.5) is 5.82 Å². The van der Waals surface area contributed by atoms with Gasteiger partial charge in [0, 0.05) is 17.4 Å². The smallest absolute Gasteiger partial charge is 0.303 e. The van der Waals surface area contributed by atoms with Crippen molar-refractivity contribution in [2.45, 2.75) is 19.8 Å². The topological polar surface area (TPSA) is 62.2 Å². The lowest BCUT2D eigenvalue weighted by Crippen LogP contribution is -2.06. The molecule has 2 N–H and O–H groups in total. The Balaban J connectivity index is 2.38. The maximum atomic E-state index is 10.3. The zero-order valence-electron chi connectivity index (χ0n) is 8.46. The first kappa shape index (κ1) is 12.0. The molecule has 0 radical (unpaired) electrons. The number of nitrogens with zero attached hydrogens (tertiary/aromatic N) is 1. The van der Waals surface area contributed by atoms with E-state index >= 15 is 0 Å². The SMILES string of the molecule is Cc1nc(NCCCC(=O)O)ccc1Br. The third-order valence-corrected chi connectivity index (χ3v) is 2.73. The minimum Gasteiger partial charge on any atom is -0.481 e. The number of pyridine rings is 1. The lowest BCUT2D eigenvalue weighted by Gasteiger charge is -2.05. The third kappa shape index (κ3) is 4.29. The van der Waals surface area contributed by atoms with Crippen LogP contribution in [0.15, 0.2) is 16.6 Å². The van der Waals surface area contributed by atoms with Gasteiger partial charge in [-0.3, -0.25) is 4.79 Å². The Morgan fingerprint density at radius 2 is 2.33 bits per heavy atom. The highest BCUT2D eigenvalue weighted by Crippen LogP contribution is 2.15. The van der Waals surface area contributed by atoms with Crippen molar-refractivity contribution in [3.63, 3.8) is 0 Å². The largest absolute Gasteiger partial charge is 0.481 e. The molecule has 1 aromatic rings. The summed E-state index contributed by atoms with van der Waals surface area (Å²) >= 11 is 3.36. The van der Waals surface area contributed by atoms with Crippen LogP contribution in [-0.4, -0.2) is 22.6 Å². The summed E-state index contributed by atoms with van der Waals surface area (Å²) in [4.78, 5) is 14.5. The Hall–Kier alpha value is -1.10. The number of anilines is 1. The molecule has 15 heavy (non-hydrogen) atoms. The second kappa shape index (κ2) is 5.70. The Kier molecular flexibility index (Phi) is 4.55. The van der Waals surface area contributed by atoms with Gasteiger partial charge in [-0.1, -0.05) is 0 Å². The van der Waals surface area contributed by atoms with Gasteiger partial charge in [-0.15, -0.1) is 0 Å². The predicted molar refractivity (Wildman–Crippen MR) is 62.0 cm³/mol. The number of aromatic nitrogens is 1. The molecule has 0 atom stereocenters. The molecule has 0 saturated heterocycles. The number of rotatable bonds is 5. The fourth-order valence-electron chi connectivity index (χ4n) is 1.10. The molecule has 1 aromatic heterocycles. The van der Waals surface area contributed by atoms with E-state index < -0.39 is 5.97 Å². The number of aryl methyl sites for hydroxylation is 1. The molecule has 0 fully saturated rings. The second-order valence-electron chi connectivity index (χ2n) is 3.19. The number of hydrogen-bond acceptors (Lipinski definition) is 3. The van der Waals surface area contributed by atoms with Crippen molar-refractivity contribution in [2.75, 3.05) is 11.9 Å². The van der Waals surface area contributed by atoms with Gasteiger partial charge in [0.25, 0.3) is 0 Å². The van der Waals surface area contributed by atoms with E-state index in [0.717, 1.165) is 16.0 Å². The molecule has 0 aromatic carbocycles. The van der Waals surface area contributed by atoms with Gasteiger partial charge in [-0.2, -0.15) is 0 Å². The summed E-state index contributed by atoms with van der Waals surface area (Å²) in [6, 6.07) is 3.78. The third-order valence-electron chi connectivity index (χ3n) is 1.89. The van der Waals surface area contributed by atoms with Crippen molar-refractivity contribution in [1.82, 2.24) is 4.98 Å². The summed E-state index contributed by atoms with van der Waals surface area (Å²) in [7, 11) is 0. The summed E-state index contributed by atoms with van der Waals surface area (Å²) in [5, 5.41) is 11.5. The molecule has 0 spiro atoms. The van der Waals surface area contributed by atoms with Gasteiger partial charge in [-0.05, 0) is 41.4 Å². The van der Waals surface area contributed by atoms with Gasteiger partial charge < -0.3 is 10.4 Å². The fourth-order valence-corrected chi connectivity index (χ4v) is 1.32. The normalized spacial score (nSPS) is 10.0. The number of hydrogen-bond donors (Lipinski definition) is 2. The summed E-state index contributed by atoms with van der Waals surface area (Å²) in [6.45, 7) is 2.53. The zero-order valence-corrected chi connectivity index (χ0v) is 10.0. The lowest BCUT2D eigenvalue weighted by atomic mass is 10.3. The molecule has 5 heteroatoms. The Bertz CT molecular complexity index is 355. The number of halogens is 1. The average Bonchev–Trinajstić information content (AvgIpc) is 2.18. The van der Waals surface area contributed by atoms with E-state index in [4.69, 9.17) is 5.11 Å². The Morgan fingerprint density at radius 3 is 2.93 bits per heavy atom. The average molecular weight is 273 g/mol. The maximum Gasteiger partial charge on any atom is 0.303 e. The maximum absolute atomic E-state index is 10.3. The van der Waals surface area contributed by atoms with Crippen molar-refractivity contribution in [2.24, 2.45) is 0 Å². The molecule has 0 aliphatic heterocycles. The first-order valence-corrected chi connectivity index (χ1v) is 5.47. The quantitative estimate of drug-likeness (QED) is 0.809. The van der Waals surface area contributed by atoms with E-state index in [1.165, 1.54) is 0 Å². The van der Waals surface area contributed by atoms with E-state index in [1.54, 1.807) is 0 Å². The van der Waals surface area contributed by atoms with Crippen molar-refractivity contribution < 1.29 is 9.90 Å². The number of aliphatic carboxylic acids is 1. The van der Waals surface area contributed by atoms with Crippen molar-refractivity contribution in [3.8, 4) is 0 Å². The molecule has 0 saturated carbocycles. The standard InChI is InChI=1S/C10H13BrN2O2/c1-7-8(11)4-5-9(13-7)12-6-2-3-10(14)15/h4-5H,2-3,6H2,1H3,(H,12,13)(H,14,15). The summed E-state index contributed by atoms with van der Waals surface area (Å²) in [5.74, 6) is 0.0119. The first-order chi connectivity index (χ1) is 7.09. The Labute approximate surface area is 96.8 Å². The van der Waals surface area contributed by atoms with E-state index in [-0.39, 0.29) is 6.42 Å². The van der Waals surface area contributed by atoms with Crippen molar-refractivity contribution in [3.05, 3.63) is 22.3 Å². The van der Waals surface area contributed by atoms with Gasteiger partial charge in [0.1, 0.15) is 5.82 Å². The summed E-state index contributed by atoms with van der Waals surface area (Å²) in [6.07, 6.45) is 0.786. The number of carboxylic acids is 1. The molecular formula is C10H13BrN2O2. The minimum absolute atomic E-state index is 0.183. The highest BCUT2D eigenvalue weighted by atomic mass is 79.9. The highest BCUT2D eigenvalue weighted by molar-refractivity contribution is 9.10. The van der Waals surface area contributed by atoms with Gasteiger partial charge >= 0.3 is 5.97 Å². The van der Waals surface area contributed by atoms with Crippen molar-refractivity contribution in [1.29, 1.82) is 0 Å². The van der Waals surface area contributed by atoms with Crippen LogP contribution in [0.25, 0.3) is 0 Å². The van der Waals surface area contributed by atoms with Crippen LogP contribution < -0.4 is 5.32 Å². The number of carboxylic acid groups (broad SMARTS) is 1. The van der Waals surface area contributed by atoms with Gasteiger partial charge in [0.05, 0.1) is 5.69 Å². The predicted octanol–water partition coefficient (Wildman–Crippen LogP) is 2.43. The molecule has 0 aliphatic rings. The number of carbonyl (C=O) groups is 1. The van der Waals surface area contributed by atoms with Crippen molar-refractivity contribution >= 4 is 27.7 Å². The summed E-state index contributed by atoms with van der Waals surface area (Å²) < 4.78 is 0.971. The van der Waals surface area contributed by atoms with E-state index in [1.807, 2.05) is 19.1 Å². The molecule has 0 unspecified atom stereocenters. The number of nitrogens with one attached hydrogen (secondary N) is 1. The molecule has 4 nitrogen and oxygen atoms in total. The molecule has 1 heterocycles. The minimum atomic E-state index is -0.767. The van der Waals surface area contributed by atoms with Crippen LogP contribution in [0.1, 0.15) is 18.5 Å². The van der Waals surface area contributed by atoms with Crippen LogP contribution in [0.5, 0.6) is 0 Å². The molecule has 1 rings (SSSR count). The monoisotopic (exact) mass is 272 g/mol. The first-order valence-electron chi connectivity index (χ1n) is 4.68. The van der Waals surface area contributed by atoms with Crippen LogP contribution in [0.3, 0.4) is 0 Å². The molecular weight excluding hydrogens is 260 g/mol.